The van der Waals surface area contributed by atoms with Gasteiger partial charge in [-0.05, 0) is 71.4 Å². The molecule has 1 aromatic rings. The predicted octanol–water partition coefficient (Wildman–Crippen LogP) is 5.23. The van der Waals surface area contributed by atoms with Gasteiger partial charge in [-0.2, -0.15) is 0 Å². The van der Waals surface area contributed by atoms with Gasteiger partial charge in [-0.1, -0.05) is 11.6 Å². The Morgan fingerprint density at radius 1 is 1.32 bits per heavy atom. The van der Waals surface area contributed by atoms with Gasteiger partial charge >= 0.3 is 0 Å². The minimum atomic E-state index is -0.136. The number of halogens is 1. The van der Waals surface area contributed by atoms with Crippen LogP contribution < -0.4 is 4.74 Å². The number of fused-ring (bicyclic) bond motifs is 1. The Balaban J connectivity index is 2.46. The zero-order valence-electron chi connectivity index (χ0n) is 14.3. The standard InChI is InChI=1S/C19H27ClO2/c1-12(9-11-20)6-7-15-16-8-10-19(4,5)22-18(16)14(3)13(2)17(15)21/h6,21H,7-11H2,1-5H3. The molecule has 122 valence electrons. The highest BCUT2D eigenvalue weighted by Gasteiger charge is 2.31. The number of alkyl halides is 1. The second kappa shape index (κ2) is 6.54. The Bertz CT molecular complexity index is 600. The van der Waals surface area contributed by atoms with Crippen LogP contribution in [0.4, 0.5) is 0 Å². The first-order chi connectivity index (χ1) is 10.3. The normalized spacial score (nSPS) is 17.1. The van der Waals surface area contributed by atoms with Crippen LogP contribution in [-0.4, -0.2) is 16.6 Å². The smallest absolute Gasteiger partial charge is 0.127 e. The third-order valence-electron chi connectivity index (χ3n) is 4.68. The van der Waals surface area contributed by atoms with E-state index in [9.17, 15) is 5.11 Å². The van der Waals surface area contributed by atoms with E-state index in [4.69, 9.17) is 16.3 Å². The van der Waals surface area contributed by atoms with E-state index in [0.717, 1.165) is 48.1 Å². The maximum absolute atomic E-state index is 10.6. The van der Waals surface area contributed by atoms with Crippen molar-refractivity contribution in [1.82, 2.24) is 0 Å². The first kappa shape index (κ1) is 17.2. The van der Waals surface area contributed by atoms with Gasteiger partial charge in [0.25, 0.3) is 0 Å². The number of ether oxygens (including phenoxy) is 1. The van der Waals surface area contributed by atoms with Crippen LogP contribution in [0, 0.1) is 13.8 Å². The zero-order valence-corrected chi connectivity index (χ0v) is 15.1. The summed E-state index contributed by atoms with van der Waals surface area (Å²) in [5, 5.41) is 10.6. The lowest BCUT2D eigenvalue weighted by molar-refractivity contribution is 0.0831. The Morgan fingerprint density at radius 2 is 2.00 bits per heavy atom. The summed E-state index contributed by atoms with van der Waals surface area (Å²) < 4.78 is 6.23. The summed E-state index contributed by atoms with van der Waals surface area (Å²) in [6.07, 6.45) is 5.72. The Kier molecular flexibility index (Phi) is 5.11. The molecule has 1 aromatic carbocycles. The summed E-state index contributed by atoms with van der Waals surface area (Å²) in [7, 11) is 0. The Labute approximate surface area is 139 Å². The van der Waals surface area contributed by atoms with Gasteiger partial charge in [0, 0.05) is 17.0 Å². The van der Waals surface area contributed by atoms with Crippen molar-refractivity contribution < 1.29 is 9.84 Å². The lowest BCUT2D eigenvalue weighted by Gasteiger charge is -2.35. The third kappa shape index (κ3) is 3.43. The second-order valence-corrected chi connectivity index (χ2v) is 7.32. The maximum Gasteiger partial charge on any atom is 0.127 e. The van der Waals surface area contributed by atoms with Crippen molar-refractivity contribution in [1.29, 1.82) is 0 Å². The predicted molar refractivity (Wildman–Crippen MR) is 93.4 cm³/mol. The monoisotopic (exact) mass is 322 g/mol. The summed E-state index contributed by atoms with van der Waals surface area (Å²) in [5.41, 5.74) is 5.30. The van der Waals surface area contributed by atoms with Gasteiger partial charge in [0.2, 0.25) is 0 Å². The molecule has 0 atom stereocenters. The van der Waals surface area contributed by atoms with Crippen LogP contribution in [0.2, 0.25) is 0 Å². The first-order valence-corrected chi connectivity index (χ1v) is 8.54. The summed E-state index contributed by atoms with van der Waals surface area (Å²) >= 11 is 5.79. The number of rotatable bonds is 4. The van der Waals surface area contributed by atoms with E-state index < -0.39 is 0 Å². The molecule has 0 spiro atoms. The van der Waals surface area contributed by atoms with Gasteiger partial charge < -0.3 is 9.84 Å². The average Bonchev–Trinajstić information content (AvgIpc) is 2.45. The fourth-order valence-corrected chi connectivity index (χ4v) is 3.28. The molecule has 22 heavy (non-hydrogen) atoms. The Morgan fingerprint density at radius 3 is 2.64 bits per heavy atom. The van der Waals surface area contributed by atoms with E-state index >= 15 is 0 Å². The minimum absolute atomic E-state index is 0.136. The molecule has 1 aliphatic heterocycles. The molecule has 0 bridgehead atoms. The highest BCUT2D eigenvalue weighted by Crippen LogP contribution is 2.43. The molecule has 0 saturated carbocycles. The molecule has 0 aliphatic carbocycles. The van der Waals surface area contributed by atoms with Gasteiger partial charge in [0.05, 0.1) is 0 Å². The topological polar surface area (TPSA) is 29.5 Å². The van der Waals surface area contributed by atoms with Crippen LogP contribution in [0.3, 0.4) is 0 Å². The molecule has 1 aliphatic rings. The lowest BCUT2D eigenvalue weighted by atomic mass is 9.86. The van der Waals surface area contributed by atoms with E-state index in [-0.39, 0.29) is 5.60 Å². The average molecular weight is 323 g/mol. The first-order valence-electron chi connectivity index (χ1n) is 8.01. The number of allylic oxidation sites excluding steroid dienone is 2. The molecular weight excluding hydrogens is 296 g/mol. The third-order valence-corrected chi connectivity index (χ3v) is 4.87. The van der Waals surface area contributed by atoms with Crippen LogP contribution in [0.5, 0.6) is 11.5 Å². The Hall–Kier alpha value is -1.15. The van der Waals surface area contributed by atoms with Crippen molar-refractivity contribution in [2.45, 2.75) is 65.9 Å². The van der Waals surface area contributed by atoms with Crippen LogP contribution in [-0.2, 0) is 12.8 Å². The van der Waals surface area contributed by atoms with E-state index in [2.05, 4.69) is 26.8 Å². The molecule has 0 aromatic heterocycles. The number of benzene rings is 1. The van der Waals surface area contributed by atoms with E-state index in [0.29, 0.717) is 11.6 Å². The highest BCUT2D eigenvalue weighted by atomic mass is 35.5. The van der Waals surface area contributed by atoms with E-state index in [1.54, 1.807) is 0 Å². The fraction of sp³-hybridized carbons (Fsp3) is 0.579. The summed E-state index contributed by atoms with van der Waals surface area (Å²) in [6, 6.07) is 0. The summed E-state index contributed by atoms with van der Waals surface area (Å²) in [5.74, 6) is 2.04. The summed E-state index contributed by atoms with van der Waals surface area (Å²) in [6.45, 7) is 10.3. The molecule has 0 radical (unpaired) electrons. The van der Waals surface area contributed by atoms with Crippen LogP contribution in [0.25, 0.3) is 0 Å². The molecule has 2 nitrogen and oxygen atoms in total. The summed E-state index contributed by atoms with van der Waals surface area (Å²) in [4.78, 5) is 0. The van der Waals surface area contributed by atoms with Crippen molar-refractivity contribution in [3.63, 3.8) is 0 Å². The van der Waals surface area contributed by atoms with Crippen molar-refractivity contribution >= 4 is 11.6 Å². The number of hydrogen-bond acceptors (Lipinski definition) is 2. The van der Waals surface area contributed by atoms with Gasteiger partial charge in [-0.15, -0.1) is 11.6 Å². The quantitative estimate of drug-likeness (QED) is 0.607. The SMILES string of the molecule is CC(=CCc1c(O)c(C)c(C)c2c1CCC(C)(C)O2)CCCl. The molecule has 0 fully saturated rings. The van der Waals surface area contributed by atoms with Crippen molar-refractivity contribution in [2.24, 2.45) is 0 Å². The second-order valence-electron chi connectivity index (χ2n) is 6.94. The van der Waals surface area contributed by atoms with Gasteiger partial charge in [0.1, 0.15) is 17.1 Å². The molecule has 0 amide bonds. The van der Waals surface area contributed by atoms with E-state index in [1.165, 1.54) is 11.1 Å². The molecule has 1 N–H and O–H groups in total. The number of phenols is 1. The van der Waals surface area contributed by atoms with Crippen molar-refractivity contribution in [3.8, 4) is 11.5 Å². The van der Waals surface area contributed by atoms with E-state index in [1.807, 2.05) is 13.8 Å². The van der Waals surface area contributed by atoms with Crippen molar-refractivity contribution in [3.05, 3.63) is 33.9 Å². The lowest BCUT2D eigenvalue weighted by Crippen LogP contribution is -2.33. The molecule has 2 rings (SSSR count). The van der Waals surface area contributed by atoms with Gasteiger partial charge in [-0.3, -0.25) is 0 Å². The molecule has 1 heterocycles. The largest absolute Gasteiger partial charge is 0.507 e. The molecule has 0 unspecified atom stereocenters. The fourth-order valence-electron chi connectivity index (χ4n) is 2.98. The van der Waals surface area contributed by atoms with Crippen molar-refractivity contribution in [2.75, 3.05) is 5.88 Å². The molecule has 0 saturated heterocycles. The highest BCUT2D eigenvalue weighted by molar-refractivity contribution is 6.17. The van der Waals surface area contributed by atoms with Crippen LogP contribution in [0.1, 0.15) is 55.9 Å². The maximum atomic E-state index is 10.6. The van der Waals surface area contributed by atoms with Crippen LogP contribution >= 0.6 is 11.6 Å². The minimum Gasteiger partial charge on any atom is -0.507 e. The zero-order chi connectivity index (χ0) is 16.5. The molecule has 3 heteroatoms. The number of hydrogen-bond donors (Lipinski definition) is 1. The number of aromatic hydroxyl groups is 1. The molecular formula is C19H27ClO2. The van der Waals surface area contributed by atoms with Crippen LogP contribution in [0.15, 0.2) is 11.6 Å². The number of phenolic OH excluding ortho intramolecular Hbond substituents is 1. The van der Waals surface area contributed by atoms with Gasteiger partial charge in [0.15, 0.2) is 0 Å². The van der Waals surface area contributed by atoms with Gasteiger partial charge in [-0.25, -0.2) is 0 Å².